The van der Waals surface area contributed by atoms with Crippen LogP contribution in [0.25, 0.3) is 0 Å². The Morgan fingerprint density at radius 1 is 1.06 bits per heavy atom. The van der Waals surface area contributed by atoms with Gasteiger partial charge in [-0.3, -0.25) is 0 Å². The topological polar surface area (TPSA) is 35.2 Å². The van der Waals surface area contributed by atoms with Crippen molar-refractivity contribution in [3.05, 3.63) is 59.2 Å². The molecule has 0 bridgehead atoms. The smallest absolute Gasteiger partial charge is 0.198 e. The molecule has 2 rings (SSSR count). The molecule has 0 amide bonds. The average Bonchev–Trinajstić information content (AvgIpc) is 2.34. The van der Waals surface area contributed by atoms with Gasteiger partial charge in [0.2, 0.25) is 0 Å². The lowest BCUT2D eigenvalue weighted by Crippen LogP contribution is -1.97. The molecule has 2 aromatic carbocycles. The second-order valence-electron chi connectivity index (χ2n) is 4.01. The van der Waals surface area contributed by atoms with E-state index < -0.39 is 11.6 Å². The van der Waals surface area contributed by atoms with E-state index in [0.717, 1.165) is 5.56 Å². The molecule has 0 spiro atoms. The number of hydrogen-bond donors (Lipinski definition) is 1. The van der Waals surface area contributed by atoms with Crippen LogP contribution in [0.1, 0.15) is 11.1 Å². The summed E-state index contributed by atoms with van der Waals surface area (Å²) in [6, 6.07) is 9.21. The summed E-state index contributed by atoms with van der Waals surface area (Å²) in [6.07, 6.45) is 0. The molecule has 0 fully saturated rings. The van der Waals surface area contributed by atoms with Gasteiger partial charge in [0.1, 0.15) is 5.75 Å². The lowest BCUT2D eigenvalue weighted by molar-refractivity contribution is 0.407. The Balaban J connectivity index is 2.28. The van der Waals surface area contributed by atoms with Gasteiger partial charge in [0.25, 0.3) is 0 Å². The van der Waals surface area contributed by atoms with Gasteiger partial charge in [-0.25, -0.2) is 8.78 Å². The summed E-state index contributed by atoms with van der Waals surface area (Å²) in [6.45, 7) is 2.03. The maximum absolute atomic E-state index is 13.6. The second-order valence-corrected chi connectivity index (χ2v) is 4.01. The van der Waals surface area contributed by atoms with Crippen LogP contribution in [0.15, 0.2) is 36.4 Å². The van der Waals surface area contributed by atoms with Crippen molar-refractivity contribution in [2.24, 2.45) is 5.73 Å². The summed E-state index contributed by atoms with van der Waals surface area (Å²) in [5.74, 6) is -1.44. The van der Waals surface area contributed by atoms with Crippen LogP contribution in [0.2, 0.25) is 0 Å². The Hall–Kier alpha value is -1.94. The maximum atomic E-state index is 13.6. The van der Waals surface area contributed by atoms with E-state index in [1.165, 1.54) is 12.1 Å². The summed E-state index contributed by atoms with van der Waals surface area (Å²) in [7, 11) is 0. The zero-order valence-corrected chi connectivity index (χ0v) is 9.91. The largest absolute Gasteiger partial charge is 0.451 e. The van der Waals surface area contributed by atoms with Gasteiger partial charge in [0.15, 0.2) is 17.4 Å². The molecular formula is C14H13F2NO. The number of benzene rings is 2. The van der Waals surface area contributed by atoms with Gasteiger partial charge in [0.05, 0.1) is 0 Å². The minimum atomic E-state index is -0.713. The molecule has 18 heavy (non-hydrogen) atoms. The predicted molar refractivity (Wildman–Crippen MR) is 65.5 cm³/mol. The lowest BCUT2D eigenvalue weighted by Gasteiger charge is -2.09. The van der Waals surface area contributed by atoms with E-state index in [1.807, 2.05) is 0 Å². The number of aryl methyl sites for hydroxylation is 1. The normalized spacial score (nSPS) is 10.4. The molecule has 0 saturated carbocycles. The zero-order valence-electron chi connectivity index (χ0n) is 9.91. The fourth-order valence-electron chi connectivity index (χ4n) is 1.60. The van der Waals surface area contributed by atoms with Gasteiger partial charge in [0, 0.05) is 6.54 Å². The van der Waals surface area contributed by atoms with Crippen molar-refractivity contribution in [3.8, 4) is 11.5 Å². The summed E-state index contributed by atoms with van der Waals surface area (Å²) in [5.41, 5.74) is 6.89. The van der Waals surface area contributed by atoms with Gasteiger partial charge in [-0.15, -0.1) is 0 Å². The highest BCUT2D eigenvalue weighted by atomic mass is 19.1. The average molecular weight is 249 g/mol. The van der Waals surface area contributed by atoms with Gasteiger partial charge in [-0.1, -0.05) is 12.1 Å². The molecule has 0 aliphatic rings. The number of ether oxygens (including phenoxy) is 1. The Kier molecular flexibility index (Phi) is 3.58. The van der Waals surface area contributed by atoms with Crippen LogP contribution in [0, 0.1) is 18.6 Å². The van der Waals surface area contributed by atoms with Crippen molar-refractivity contribution in [2.75, 3.05) is 0 Å². The fourth-order valence-corrected chi connectivity index (χ4v) is 1.60. The number of nitrogens with two attached hydrogens (primary N) is 1. The van der Waals surface area contributed by atoms with E-state index in [2.05, 4.69) is 0 Å². The molecule has 0 radical (unpaired) electrons. The van der Waals surface area contributed by atoms with E-state index in [-0.39, 0.29) is 5.75 Å². The number of halogens is 2. The van der Waals surface area contributed by atoms with Crippen molar-refractivity contribution in [1.82, 2.24) is 0 Å². The van der Waals surface area contributed by atoms with Crippen LogP contribution in [0.5, 0.6) is 11.5 Å². The third-order valence-corrected chi connectivity index (χ3v) is 2.52. The maximum Gasteiger partial charge on any atom is 0.198 e. The van der Waals surface area contributed by atoms with Crippen molar-refractivity contribution in [2.45, 2.75) is 13.5 Å². The Morgan fingerprint density at radius 2 is 1.61 bits per heavy atom. The van der Waals surface area contributed by atoms with E-state index in [4.69, 9.17) is 10.5 Å². The number of rotatable bonds is 3. The van der Waals surface area contributed by atoms with Crippen LogP contribution in [-0.4, -0.2) is 0 Å². The molecule has 2 aromatic rings. The van der Waals surface area contributed by atoms with Crippen molar-refractivity contribution < 1.29 is 13.5 Å². The van der Waals surface area contributed by atoms with Crippen molar-refractivity contribution in [3.63, 3.8) is 0 Å². The third-order valence-electron chi connectivity index (χ3n) is 2.52. The summed E-state index contributed by atoms with van der Waals surface area (Å²) in [4.78, 5) is 0. The highest BCUT2D eigenvalue weighted by Gasteiger charge is 2.12. The molecule has 0 saturated heterocycles. The molecule has 2 N–H and O–H groups in total. The zero-order chi connectivity index (χ0) is 13.1. The van der Waals surface area contributed by atoms with E-state index in [9.17, 15) is 8.78 Å². The second kappa shape index (κ2) is 5.14. The fraction of sp³-hybridized carbons (Fsp3) is 0.143. The molecule has 0 aromatic heterocycles. The molecule has 94 valence electrons. The van der Waals surface area contributed by atoms with Gasteiger partial charge >= 0.3 is 0 Å². The predicted octanol–water partition coefficient (Wildman–Crippen LogP) is 3.52. The minimum absolute atomic E-state index is 0.369. The molecule has 0 unspecified atom stereocenters. The summed E-state index contributed by atoms with van der Waals surface area (Å²) >= 11 is 0. The van der Waals surface area contributed by atoms with Crippen LogP contribution < -0.4 is 10.5 Å². The first-order valence-corrected chi connectivity index (χ1v) is 5.52. The first kappa shape index (κ1) is 12.5. The van der Waals surface area contributed by atoms with E-state index >= 15 is 0 Å². The van der Waals surface area contributed by atoms with Gasteiger partial charge in [-0.2, -0.15) is 0 Å². The molecule has 0 aliphatic heterocycles. The minimum Gasteiger partial charge on any atom is -0.451 e. The molecular weight excluding hydrogens is 236 g/mol. The van der Waals surface area contributed by atoms with Crippen LogP contribution in [0.4, 0.5) is 8.78 Å². The standard InChI is InChI=1S/C14H13F2NO/c1-9-6-12(15)14(13(16)7-9)18-11-4-2-10(8-17)3-5-11/h2-7H,8,17H2,1H3. The van der Waals surface area contributed by atoms with E-state index in [1.54, 1.807) is 31.2 Å². The monoisotopic (exact) mass is 249 g/mol. The summed E-state index contributed by atoms with van der Waals surface area (Å²) in [5, 5.41) is 0. The van der Waals surface area contributed by atoms with Crippen LogP contribution in [-0.2, 0) is 6.54 Å². The Morgan fingerprint density at radius 3 is 2.11 bits per heavy atom. The number of hydrogen-bond acceptors (Lipinski definition) is 2. The SMILES string of the molecule is Cc1cc(F)c(Oc2ccc(CN)cc2)c(F)c1. The Bertz CT molecular complexity index is 529. The third kappa shape index (κ3) is 2.65. The van der Waals surface area contributed by atoms with Crippen LogP contribution >= 0.6 is 0 Å². The summed E-state index contributed by atoms with van der Waals surface area (Å²) < 4.78 is 32.3. The molecule has 0 heterocycles. The first-order chi connectivity index (χ1) is 8.60. The lowest BCUT2D eigenvalue weighted by atomic mass is 10.2. The first-order valence-electron chi connectivity index (χ1n) is 5.52. The molecule has 4 heteroatoms. The quantitative estimate of drug-likeness (QED) is 0.903. The highest BCUT2D eigenvalue weighted by Crippen LogP contribution is 2.28. The van der Waals surface area contributed by atoms with Crippen LogP contribution in [0.3, 0.4) is 0 Å². The molecule has 2 nitrogen and oxygen atoms in total. The van der Waals surface area contributed by atoms with Crippen molar-refractivity contribution in [1.29, 1.82) is 0 Å². The van der Waals surface area contributed by atoms with E-state index in [0.29, 0.717) is 17.9 Å². The molecule has 0 aliphatic carbocycles. The Labute approximate surface area is 104 Å². The van der Waals surface area contributed by atoms with Gasteiger partial charge in [-0.05, 0) is 42.3 Å². The van der Waals surface area contributed by atoms with Gasteiger partial charge < -0.3 is 10.5 Å². The van der Waals surface area contributed by atoms with Crippen molar-refractivity contribution >= 4 is 0 Å². The highest BCUT2D eigenvalue weighted by molar-refractivity contribution is 5.36. The molecule has 0 atom stereocenters.